The summed E-state index contributed by atoms with van der Waals surface area (Å²) < 4.78 is 28.7. The van der Waals surface area contributed by atoms with E-state index in [2.05, 4.69) is 15.8 Å². The molecular weight excluding hydrogens is 376 g/mol. The Morgan fingerprint density at radius 2 is 1.63 bits per heavy atom. The number of hydrogen-bond acceptors (Lipinski definition) is 4. The largest absolute Gasteiger partial charge is 0.280 e. The topological polar surface area (TPSA) is 59.1 Å². The van der Waals surface area contributed by atoms with E-state index in [-0.39, 0.29) is 4.90 Å². The van der Waals surface area contributed by atoms with Crippen molar-refractivity contribution in [3.05, 3.63) is 88.9 Å². The molecule has 0 spiro atoms. The lowest BCUT2D eigenvalue weighted by molar-refractivity contribution is 0.601. The van der Waals surface area contributed by atoms with Gasteiger partial charge in [-0.25, -0.2) is 13.4 Å². The molecule has 4 rings (SSSR count). The van der Waals surface area contributed by atoms with Crippen molar-refractivity contribution in [1.82, 2.24) is 4.98 Å². The van der Waals surface area contributed by atoms with Crippen molar-refractivity contribution in [2.45, 2.75) is 18.2 Å². The molecule has 0 aliphatic rings. The number of aryl methyl sites for hydroxylation is 1. The standard InChI is InChI=1S/C21H18N2O2S2/c1-15-6-12-18(13-7-15)27(24,25)23-17-10-8-16(9-11-17)14-21-22-19-4-2-3-5-20(19)26-21/h2-13,23H,14H2,1H3. The lowest BCUT2D eigenvalue weighted by Gasteiger charge is -2.09. The summed E-state index contributed by atoms with van der Waals surface area (Å²) in [6.07, 6.45) is 0.727. The van der Waals surface area contributed by atoms with Gasteiger partial charge >= 0.3 is 0 Å². The summed E-state index contributed by atoms with van der Waals surface area (Å²) in [6.45, 7) is 1.92. The van der Waals surface area contributed by atoms with Crippen molar-refractivity contribution < 1.29 is 8.42 Å². The monoisotopic (exact) mass is 394 g/mol. The Labute approximate surface area is 162 Å². The average Bonchev–Trinajstić information content (AvgIpc) is 3.06. The highest BCUT2D eigenvalue weighted by Gasteiger charge is 2.13. The number of fused-ring (bicyclic) bond motifs is 1. The predicted molar refractivity (Wildman–Crippen MR) is 111 cm³/mol. The minimum absolute atomic E-state index is 0.256. The Kier molecular flexibility index (Phi) is 4.68. The molecule has 0 unspecified atom stereocenters. The molecule has 27 heavy (non-hydrogen) atoms. The zero-order chi connectivity index (χ0) is 18.9. The van der Waals surface area contributed by atoms with Crippen molar-refractivity contribution in [2.75, 3.05) is 4.72 Å². The number of nitrogens with one attached hydrogen (secondary N) is 1. The molecule has 0 bridgehead atoms. The molecule has 136 valence electrons. The first kappa shape index (κ1) is 17.7. The second-order valence-corrected chi connectivity index (χ2v) is 9.17. The fourth-order valence-electron chi connectivity index (χ4n) is 2.79. The van der Waals surface area contributed by atoms with Crippen LogP contribution in [-0.2, 0) is 16.4 Å². The second-order valence-electron chi connectivity index (χ2n) is 6.37. The van der Waals surface area contributed by atoms with Gasteiger partial charge in [-0.2, -0.15) is 0 Å². The lowest BCUT2D eigenvalue weighted by Crippen LogP contribution is -2.12. The maximum atomic E-state index is 12.5. The van der Waals surface area contributed by atoms with Crippen LogP contribution in [-0.4, -0.2) is 13.4 Å². The van der Waals surface area contributed by atoms with E-state index in [1.54, 1.807) is 47.7 Å². The minimum Gasteiger partial charge on any atom is -0.280 e. The summed E-state index contributed by atoms with van der Waals surface area (Å²) in [7, 11) is -3.58. The molecule has 1 heterocycles. The first-order valence-electron chi connectivity index (χ1n) is 8.52. The van der Waals surface area contributed by atoms with E-state index in [9.17, 15) is 8.42 Å². The van der Waals surface area contributed by atoms with Gasteiger partial charge < -0.3 is 0 Å². The van der Waals surface area contributed by atoms with Crippen LogP contribution in [0.5, 0.6) is 0 Å². The molecule has 0 saturated heterocycles. The second kappa shape index (κ2) is 7.13. The molecule has 0 aliphatic heterocycles. The van der Waals surface area contributed by atoms with Crippen LogP contribution >= 0.6 is 11.3 Å². The predicted octanol–water partition coefficient (Wildman–Crippen LogP) is 5.00. The van der Waals surface area contributed by atoms with Crippen LogP contribution in [0.4, 0.5) is 5.69 Å². The van der Waals surface area contributed by atoms with Crippen LogP contribution in [0.25, 0.3) is 10.2 Å². The van der Waals surface area contributed by atoms with Gasteiger partial charge in [0.05, 0.1) is 20.1 Å². The first-order chi connectivity index (χ1) is 13.0. The number of thiazole rings is 1. The molecule has 0 saturated carbocycles. The van der Waals surface area contributed by atoms with Crippen LogP contribution in [0.15, 0.2) is 77.7 Å². The fourth-order valence-corrected chi connectivity index (χ4v) is 4.85. The molecule has 4 nitrogen and oxygen atoms in total. The smallest absolute Gasteiger partial charge is 0.261 e. The molecule has 1 N–H and O–H groups in total. The molecule has 0 aliphatic carbocycles. The molecule has 1 aromatic heterocycles. The number of sulfonamides is 1. The van der Waals surface area contributed by atoms with Crippen LogP contribution in [0.3, 0.4) is 0 Å². The first-order valence-corrected chi connectivity index (χ1v) is 10.8. The molecule has 0 fully saturated rings. The van der Waals surface area contributed by atoms with Gasteiger partial charge in [-0.15, -0.1) is 11.3 Å². The molecule has 4 aromatic rings. The van der Waals surface area contributed by atoms with Gasteiger partial charge in [-0.05, 0) is 48.9 Å². The number of nitrogens with zero attached hydrogens (tertiary/aromatic N) is 1. The highest BCUT2D eigenvalue weighted by atomic mass is 32.2. The fraction of sp³-hybridized carbons (Fsp3) is 0.0952. The van der Waals surface area contributed by atoms with E-state index in [1.807, 2.05) is 37.3 Å². The van der Waals surface area contributed by atoms with E-state index < -0.39 is 10.0 Å². The summed E-state index contributed by atoms with van der Waals surface area (Å²) in [5, 5.41) is 1.05. The van der Waals surface area contributed by atoms with Gasteiger partial charge in [0, 0.05) is 12.1 Å². The molecule has 3 aromatic carbocycles. The van der Waals surface area contributed by atoms with Crippen LogP contribution in [0, 0.1) is 6.92 Å². The Morgan fingerprint density at radius 3 is 2.33 bits per heavy atom. The summed E-state index contributed by atoms with van der Waals surface area (Å²) in [5.74, 6) is 0. The van der Waals surface area contributed by atoms with Crippen LogP contribution in [0.2, 0.25) is 0 Å². The summed E-state index contributed by atoms with van der Waals surface area (Å²) in [4.78, 5) is 4.90. The van der Waals surface area contributed by atoms with Gasteiger partial charge in [-0.1, -0.05) is 42.0 Å². The molecular formula is C21H18N2O2S2. The third-order valence-electron chi connectivity index (χ3n) is 4.23. The third-order valence-corrected chi connectivity index (χ3v) is 6.66. The van der Waals surface area contributed by atoms with Gasteiger partial charge in [0.25, 0.3) is 10.0 Å². The highest BCUT2D eigenvalue weighted by molar-refractivity contribution is 7.92. The van der Waals surface area contributed by atoms with E-state index >= 15 is 0 Å². The zero-order valence-electron chi connectivity index (χ0n) is 14.7. The van der Waals surface area contributed by atoms with Gasteiger partial charge in [0.1, 0.15) is 0 Å². The third kappa shape index (κ3) is 4.02. The summed E-state index contributed by atoms with van der Waals surface area (Å²) >= 11 is 1.68. The number of benzene rings is 3. The normalized spacial score (nSPS) is 11.6. The van der Waals surface area contributed by atoms with Crippen molar-refractivity contribution in [2.24, 2.45) is 0 Å². The molecule has 0 amide bonds. The average molecular weight is 395 g/mol. The minimum atomic E-state index is -3.58. The Morgan fingerprint density at radius 1 is 0.926 bits per heavy atom. The van der Waals surface area contributed by atoms with E-state index in [1.165, 1.54) is 4.70 Å². The van der Waals surface area contributed by atoms with E-state index in [0.717, 1.165) is 28.1 Å². The summed E-state index contributed by atoms with van der Waals surface area (Å²) in [5.41, 5.74) is 3.67. The van der Waals surface area contributed by atoms with E-state index in [0.29, 0.717) is 5.69 Å². The molecule has 0 atom stereocenters. The van der Waals surface area contributed by atoms with Crippen molar-refractivity contribution in [1.29, 1.82) is 0 Å². The Bertz CT molecular complexity index is 1150. The number of hydrogen-bond donors (Lipinski definition) is 1. The van der Waals surface area contributed by atoms with Crippen LogP contribution < -0.4 is 4.72 Å². The van der Waals surface area contributed by atoms with Crippen LogP contribution in [0.1, 0.15) is 16.1 Å². The number of aromatic nitrogens is 1. The van der Waals surface area contributed by atoms with Crippen molar-refractivity contribution >= 4 is 37.3 Å². The number of anilines is 1. The number of rotatable bonds is 5. The van der Waals surface area contributed by atoms with Gasteiger partial charge in [0.2, 0.25) is 0 Å². The quantitative estimate of drug-likeness (QED) is 0.518. The Balaban J connectivity index is 1.49. The van der Waals surface area contributed by atoms with Gasteiger partial charge in [0.15, 0.2) is 0 Å². The Hall–Kier alpha value is -2.70. The zero-order valence-corrected chi connectivity index (χ0v) is 16.3. The maximum Gasteiger partial charge on any atom is 0.261 e. The highest BCUT2D eigenvalue weighted by Crippen LogP contribution is 2.24. The van der Waals surface area contributed by atoms with Crippen molar-refractivity contribution in [3.8, 4) is 0 Å². The number of para-hydroxylation sites is 1. The lowest BCUT2D eigenvalue weighted by atomic mass is 10.1. The molecule has 6 heteroatoms. The van der Waals surface area contributed by atoms with E-state index in [4.69, 9.17) is 0 Å². The van der Waals surface area contributed by atoms with Crippen molar-refractivity contribution in [3.63, 3.8) is 0 Å². The molecule has 0 radical (unpaired) electrons. The SMILES string of the molecule is Cc1ccc(S(=O)(=O)Nc2ccc(Cc3nc4ccccc4s3)cc2)cc1. The van der Waals surface area contributed by atoms with Gasteiger partial charge in [-0.3, -0.25) is 4.72 Å². The maximum absolute atomic E-state index is 12.5. The summed E-state index contributed by atoms with van der Waals surface area (Å²) in [6, 6.07) is 22.3.